The molecule has 216 valence electrons. The number of rotatable bonds is 5. The van der Waals surface area contributed by atoms with E-state index in [2.05, 4.69) is 15.1 Å². The number of aromatic nitrogens is 5. The summed E-state index contributed by atoms with van der Waals surface area (Å²) in [6, 6.07) is 8.49. The van der Waals surface area contributed by atoms with E-state index in [0.717, 1.165) is 25.2 Å². The molecule has 1 N–H and O–H groups in total. The average Bonchev–Trinajstić information content (AvgIpc) is 3.62. The molecule has 1 aromatic carbocycles. The number of hydrogen-bond acceptors (Lipinski definition) is 8. The highest BCUT2D eigenvalue weighted by Crippen LogP contribution is 2.45. The molecule has 4 aromatic heterocycles. The van der Waals surface area contributed by atoms with E-state index in [1.54, 1.807) is 46.8 Å². The van der Waals surface area contributed by atoms with Gasteiger partial charge >= 0.3 is 6.09 Å². The van der Waals surface area contributed by atoms with E-state index in [1.807, 2.05) is 0 Å². The van der Waals surface area contributed by atoms with Crippen molar-refractivity contribution in [1.82, 2.24) is 24.7 Å². The Morgan fingerprint density at radius 1 is 1.02 bits per heavy atom. The number of halogens is 2. The summed E-state index contributed by atoms with van der Waals surface area (Å²) in [5, 5.41) is 16.8. The van der Waals surface area contributed by atoms with Crippen LogP contribution in [0.2, 0.25) is 0 Å². The SMILES string of the molecule is Cc1noc(C)c1-c1cc(C(O)(c2ccc(F)cn2)c2ccc(F)cn2)c2nc(C3CC3)n(C(=O)OC(C)(C)C)c2c1. The minimum absolute atomic E-state index is 0.0151. The van der Waals surface area contributed by atoms with E-state index in [9.17, 15) is 18.7 Å². The fourth-order valence-corrected chi connectivity index (χ4v) is 5.21. The number of fused-ring (bicyclic) bond motifs is 1. The molecule has 5 aromatic rings. The van der Waals surface area contributed by atoms with Crippen molar-refractivity contribution in [3.8, 4) is 11.1 Å². The molecule has 0 bridgehead atoms. The van der Waals surface area contributed by atoms with Crippen molar-refractivity contribution >= 4 is 17.1 Å². The van der Waals surface area contributed by atoms with E-state index in [0.29, 0.717) is 33.9 Å². The lowest BCUT2D eigenvalue weighted by Gasteiger charge is -2.28. The summed E-state index contributed by atoms with van der Waals surface area (Å²) < 4.78 is 40.7. The minimum atomic E-state index is -2.14. The average molecular weight is 574 g/mol. The van der Waals surface area contributed by atoms with Gasteiger partial charge in [-0.25, -0.2) is 23.1 Å². The van der Waals surface area contributed by atoms with Gasteiger partial charge in [0.05, 0.1) is 40.5 Å². The second-order valence-electron chi connectivity index (χ2n) is 11.6. The number of carbonyl (C=O) groups excluding carboxylic acids is 1. The van der Waals surface area contributed by atoms with Crippen molar-refractivity contribution in [2.24, 2.45) is 0 Å². The molecule has 0 unspecified atom stereocenters. The van der Waals surface area contributed by atoms with Gasteiger partial charge in [-0.1, -0.05) is 5.16 Å². The van der Waals surface area contributed by atoms with Gasteiger partial charge in [0.2, 0.25) is 0 Å². The van der Waals surface area contributed by atoms with Crippen molar-refractivity contribution in [2.45, 2.75) is 64.6 Å². The topological polar surface area (TPSA) is 116 Å². The van der Waals surface area contributed by atoms with Crippen molar-refractivity contribution in [3.63, 3.8) is 0 Å². The first-order valence-electron chi connectivity index (χ1n) is 13.6. The Hall–Kier alpha value is -4.51. The zero-order valence-electron chi connectivity index (χ0n) is 23.8. The van der Waals surface area contributed by atoms with Gasteiger partial charge in [0.1, 0.15) is 28.8 Å². The molecular weight excluding hydrogens is 544 g/mol. The highest BCUT2D eigenvalue weighted by molar-refractivity contribution is 5.94. The number of aliphatic hydroxyl groups is 1. The number of nitrogens with zero attached hydrogens (tertiary/aromatic N) is 5. The summed E-state index contributed by atoms with van der Waals surface area (Å²) in [7, 11) is 0. The lowest BCUT2D eigenvalue weighted by molar-refractivity contribution is 0.0539. The molecule has 11 heteroatoms. The smallest absolute Gasteiger partial charge is 0.420 e. The van der Waals surface area contributed by atoms with E-state index in [4.69, 9.17) is 14.2 Å². The number of pyridine rings is 2. The van der Waals surface area contributed by atoms with Crippen LogP contribution in [0.1, 0.15) is 73.8 Å². The number of hydrogen-bond donors (Lipinski definition) is 1. The van der Waals surface area contributed by atoms with E-state index < -0.39 is 28.9 Å². The molecule has 6 rings (SSSR count). The summed E-state index contributed by atoms with van der Waals surface area (Å²) in [6.45, 7) is 8.88. The molecule has 0 radical (unpaired) electrons. The lowest BCUT2D eigenvalue weighted by atomic mass is 9.83. The monoisotopic (exact) mass is 573 g/mol. The maximum Gasteiger partial charge on any atom is 0.420 e. The number of imidazole rings is 1. The van der Waals surface area contributed by atoms with Crippen molar-refractivity contribution in [3.05, 3.63) is 94.7 Å². The Kier molecular flexibility index (Phi) is 6.45. The molecule has 1 aliphatic carbocycles. The first-order chi connectivity index (χ1) is 19.9. The second-order valence-corrected chi connectivity index (χ2v) is 11.6. The molecule has 0 spiro atoms. The summed E-state index contributed by atoms with van der Waals surface area (Å²) in [5.41, 5.74) is -0.174. The normalized spacial score (nSPS) is 14.0. The Morgan fingerprint density at radius 2 is 1.64 bits per heavy atom. The van der Waals surface area contributed by atoms with Crippen LogP contribution in [0.25, 0.3) is 22.2 Å². The van der Waals surface area contributed by atoms with Gasteiger partial charge in [-0.2, -0.15) is 0 Å². The van der Waals surface area contributed by atoms with Gasteiger partial charge in [-0.05, 0) is 89.4 Å². The minimum Gasteiger partial charge on any atom is -0.443 e. The maximum absolute atomic E-state index is 14.0. The summed E-state index contributed by atoms with van der Waals surface area (Å²) in [5.74, 6) is -0.174. The lowest BCUT2D eigenvalue weighted by Crippen LogP contribution is -2.32. The Bertz CT molecular complexity index is 1750. The predicted octanol–water partition coefficient (Wildman–Crippen LogP) is 6.32. The Morgan fingerprint density at radius 3 is 2.12 bits per heavy atom. The van der Waals surface area contributed by atoms with Crippen LogP contribution >= 0.6 is 0 Å². The third-order valence-electron chi connectivity index (χ3n) is 7.21. The molecule has 1 fully saturated rings. The van der Waals surface area contributed by atoms with Crippen LogP contribution in [-0.4, -0.2) is 41.5 Å². The fourth-order valence-electron chi connectivity index (χ4n) is 5.21. The quantitative estimate of drug-likeness (QED) is 0.260. The maximum atomic E-state index is 14.0. The highest BCUT2D eigenvalue weighted by atomic mass is 19.1. The van der Waals surface area contributed by atoms with Crippen LogP contribution in [0.15, 0.2) is 53.3 Å². The molecule has 0 amide bonds. The van der Waals surface area contributed by atoms with Crippen LogP contribution < -0.4 is 0 Å². The fraction of sp³-hybridized carbons (Fsp3) is 0.323. The molecule has 4 heterocycles. The molecular formula is C31H29F2N5O4. The van der Waals surface area contributed by atoms with Crippen molar-refractivity contribution < 1.29 is 27.9 Å². The van der Waals surface area contributed by atoms with Gasteiger partial charge in [0.15, 0.2) is 5.60 Å². The van der Waals surface area contributed by atoms with Crippen LogP contribution in [0.3, 0.4) is 0 Å². The largest absolute Gasteiger partial charge is 0.443 e. The molecule has 42 heavy (non-hydrogen) atoms. The van der Waals surface area contributed by atoms with E-state index in [1.165, 1.54) is 28.8 Å². The van der Waals surface area contributed by atoms with E-state index in [-0.39, 0.29) is 28.4 Å². The summed E-state index contributed by atoms with van der Waals surface area (Å²) >= 11 is 0. The zero-order valence-corrected chi connectivity index (χ0v) is 23.8. The number of ether oxygens (including phenoxy) is 1. The van der Waals surface area contributed by atoms with Crippen LogP contribution in [0.4, 0.5) is 13.6 Å². The van der Waals surface area contributed by atoms with Crippen molar-refractivity contribution in [2.75, 3.05) is 0 Å². The van der Waals surface area contributed by atoms with Crippen LogP contribution in [0, 0.1) is 25.5 Å². The number of aryl methyl sites for hydroxylation is 2. The van der Waals surface area contributed by atoms with Crippen molar-refractivity contribution in [1.29, 1.82) is 0 Å². The highest BCUT2D eigenvalue weighted by Gasteiger charge is 2.42. The van der Waals surface area contributed by atoms with Gasteiger partial charge in [0, 0.05) is 17.0 Å². The number of carbonyl (C=O) groups is 1. The standard InChI is InChI=1S/C31H29F2N5O4/c1-16-26(17(2)42-37-16)19-12-22(31(40,24-10-8-20(32)14-34-24)25-11-9-21(33)15-35-25)27-23(13-19)38(28(36-27)18-6-7-18)29(39)41-30(3,4)5/h8-15,18,40H,6-7H2,1-5H3. The summed E-state index contributed by atoms with van der Waals surface area (Å²) in [4.78, 5) is 27.0. The molecule has 9 nitrogen and oxygen atoms in total. The Balaban J connectivity index is 1.74. The molecule has 1 saturated carbocycles. The predicted molar refractivity (Wildman–Crippen MR) is 149 cm³/mol. The van der Waals surface area contributed by atoms with Crippen LogP contribution in [0.5, 0.6) is 0 Å². The van der Waals surface area contributed by atoms with Crippen LogP contribution in [-0.2, 0) is 10.3 Å². The summed E-state index contributed by atoms with van der Waals surface area (Å²) in [6.07, 6.45) is 3.02. The first kappa shape index (κ1) is 27.6. The Labute approximate surface area is 240 Å². The van der Waals surface area contributed by atoms with Gasteiger partial charge in [0.25, 0.3) is 0 Å². The molecule has 0 aliphatic heterocycles. The first-order valence-corrected chi connectivity index (χ1v) is 13.6. The number of benzene rings is 1. The molecule has 0 saturated heterocycles. The molecule has 1 aliphatic rings. The third kappa shape index (κ3) is 4.73. The third-order valence-corrected chi connectivity index (χ3v) is 7.21. The van der Waals surface area contributed by atoms with Gasteiger partial charge in [-0.3, -0.25) is 9.97 Å². The molecule has 0 atom stereocenters. The van der Waals surface area contributed by atoms with Gasteiger partial charge in [-0.15, -0.1) is 0 Å². The van der Waals surface area contributed by atoms with E-state index >= 15 is 0 Å². The zero-order chi connectivity index (χ0) is 30.0. The van der Waals surface area contributed by atoms with Gasteiger partial charge < -0.3 is 14.4 Å². The second kappa shape index (κ2) is 9.80.